The Labute approximate surface area is 158 Å². The molecule has 2 aliphatic carbocycles. The van der Waals surface area contributed by atoms with Gasteiger partial charge in [-0.3, -0.25) is 4.79 Å². The van der Waals surface area contributed by atoms with Crippen LogP contribution in [0.5, 0.6) is 0 Å². The minimum Gasteiger partial charge on any atom is -0.459 e. The van der Waals surface area contributed by atoms with Crippen LogP contribution >= 0.6 is 0 Å². The van der Waals surface area contributed by atoms with E-state index in [0.717, 1.165) is 51.4 Å². The lowest BCUT2D eigenvalue weighted by molar-refractivity contribution is -0.172. The number of rotatable bonds is 8. The van der Waals surface area contributed by atoms with Crippen LogP contribution in [0.25, 0.3) is 0 Å². The zero-order valence-electron chi connectivity index (χ0n) is 16.6. The van der Waals surface area contributed by atoms with Gasteiger partial charge < -0.3 is 9.47 Å². The standard InChI is InChI=1S/C22H36O4/c1-3-5-7-15-22(16-8-6-9-17-22)26-21(24)18-11-13-19(14-12-18)25-20(23)10-4-2/h4,10,18-19H,3,5-9,11-17H2,1-2H3/b10-4+. The Morgan fingerprint density at radius 1 is 1.04 bits per heavy atom. The van der Waals surface area contributed by atoms with Crippen LogP contribution in [0.2, 0.25) is 0 Å². The highest BCUT2D eigenvalue weighted by atomic mass is 16.6. The Balaban J connectivity index is 1.83. The predicted molar refractivity (Wildman–Crippen MR) is 103 cm³/mol. The second-order valence-electron chi connectivity index (χ2n) is 8.03. The van der Waals surface area contributed by atoms with Crippen molar-refractivity contribution in [2.45, 2.75) is 109 Å². The number of hydrogen-bond acceptors (Lipinski definition) is 4. The number of hydrogen-bond donors (Lipinski definition) is 0. The number of carbonyl (C=O) groups is 2. The van der Waals surface area contributed by atoms with E-state index in [-0.39, 0.29) is 29.6 Å². The van der Waals surface area contributed by atoms with Crippen molar-refractivity contribution in [2.24, 2.45) is 5.92 Å². The molecule has 0 aromatic rings. The summed E-state index contributed by atoms with van der Waals surface area (Å²) in [6.45, 7) is 4.01. The van der Waals surface area contributed by atoms with Crippen LogP contribution in [0.15, 0.2) is 12.2 Å². The van der Waals surface area contributed by atoms with Crippen molar-refractivity contribution in [2.75, 3.05) is 0 Å². The molecule has 0 spiro atoms. The first-order valence-electron chi connectivity index (χ1n) is 10.6. The summed E-state index contributed by atoms with van der Waals surface area (Å²) in [5, 5.41) is 0. The number of unbranched alkanes of at least 4 members (excludes halogenated alkanes) is 2. The summed E-state index contributed by atoms with van der Waals surface area (Å²) in [6, 6.07) is 0. The summed E-state index contributed by atoms with van der Waals surface area (Å²) in [6.07, 6.45) is 16.3. The second-order valence-corrected chi connectivity index (χ2v) is 8.03. The SMILES string of the molecule is C/C=C/C(=O)OC1CCC(C(=O)OC2(CCCCC)CCCCC2)CC1. The molecule has 4 nitrogen and oxygen atoms in total. The highest BCUT2D eigenvalue weighted by Gasteiger charge is 2.38. The van der Waals surface area contributed by atoms with Gasteiger partial charge in [-0.2, -0.15) is 0 Å². The van der Waals surface area contributed by atoms with Gasteiger partial charge in [0.1, 0.15) is 11.7 Å². The van der Waals surface area contributed by atoms with Crippen LogP contribution in [0.3, 0.4) is 0 Å². The molecule has 2 rings (SSSR count). The molecule has 0 aromatic heterocycles. The van der Waals surface area contributed by atoms with Crippen LogP contribution in [-0.4, -0.2) is 23.6 Å². The molecule has 0 aliphatic heterocycles. The topological polar surface area (TPSA) is 52.6 Å². The third kappa shape index (κ3) is 6.44. The van der Waals surface area contributed by atoms with E-state index in [1.165, 1.54) is 38.2 Å². The van der Waals surface area contributed by atoms with Crippen molar-refractivity contribution >= 4 is 11.9 Å². The van der Waals surface area contributed by atoms with E-state index in [4.69, 9.17) is 9.47 Å². The molecular weight excluding hydrogens is 328 g/mol. The van der Waals surface area contributed by atoms with E-state index in [1.807, 2.05) is 0 Å². The van der Waals surface area contributed by atoms with Crippen LogP contribution in [-0.2, 0) is 19.1 Å². The summed E-state index contributed by atoms with van der Waals surface area (Å²) in [5.74, 6) is -0.325. The molecule has 0 amide bonds. The summed E-state index contributed by atoms with van der Waals surface area (Å²) < 4.78 is 11.6. The molecule has 0 saturated heterocycles. The minimum atomic E-state index is -0.282. The third-order valence-electron chi connectivity index (χ3n) is 5.91. The van der Waals surface area contributed by atoms with Crippen LogP contribution in [0.1, 0.15) is 97.3 Å². The van der Waals surface area contributed by atoms with Gasteiger partial charge >= 0.3 is 11.9 Å². The molecule has 4 heteroatoms. The molecule has 0 atom stereocenters. The van der Waals surface area contributed by atoms with Gasteiger partial charge in [-0.25, -0.2) is 4.79 Å². The fourth-order valence-electron chi connectivity index (χ4n) is 4.35. The summed E-state index contributed by atoms with van der Waals surface area (Å²) in [5.41, 5.74) is -0.209. The van der Waals surface area contributed by atoms with E-state index in [1.54, 1.807) is 13.0 Å². The molecule has 2 saturated carbocycles. The smallest absolute Gasteiger partial charge is 0.330 e. The van der Waals surface area contributed by atoms with Crippen molar-refractivity contribution in [1.82, 2.24) is 0 Å². The van der Waals surface area contributed by atoms with E-state index in [9.17, 15) is 9.59 Å². The average Bonchev–Trinajstić information content (AvgIpc) is 2.63. The predicted octanol–water partition coefficient (Wildman–Crippen LogP) is 5.49. The second kappa shape index (κ2) is 10.7. The van der Waals surface area contributed by atoms with Crippen molar-refractivity contribution < 1.29 is 19.1 Å². The molecular formula is C22H36O4. The lowest BCUT2D eigenvalue weighted by Gasteiger charge is -2.38. The molecule has 0 N–H and O–H groups in total. The molecule has 26 heavy (non-hydrogen) atoms. The van der Waals surface area contributed by atoms with Crippen LogP contribution in [0, 0.1) is 5.92 Å². The van der Waals surface area contributed by atoms with Crippen LogP contribution in [0.4, 0.5) is 0 Å². The van der Waals surface area contributed by atoms with E-state index in [2.05, 4.69) is 6.92 Å². The van der Waals surface area contributed by atoms with Gasteiger partial charge in [-0.05, 0) is 71.1 Å². The molecule has 0 heterocycles. The monoisotopic (exact) mass is 364 g/mol. The quantitative estimate of drug-likeness (QED) is 0.324. The third-order valence-corrected chi connectivity index (χ3v) is 5.91. The highest BCUT2D eigenvalue weighted by Crippen LogP contribution is 2.38. The van der Waals surface area contributed by atoms with Gasteiger partial charge in [0.25, 0.3) is 0 Å². The van der Waals surface area contributed by atoms with Crippen molar-refractivity contribution in [3.63, 3.8) is 0 Å². The van der Waals surface area contributed by atoms with Gasteiger partial charge in [0.05, 0.1) is 5.92 Å². The molecule has 2 aliphatic rings. The number of ether oxygens (including phenoxy) is 2. The fraction of sp³-hybridized carbons (Fsp3) is 0.818. The Kier molecular flexibility index (Phi) is 8.67. The fourth-order valence-corrected chi connectivity index (χ4v) is 4.35. The average molecular weight is 365 g/mol. The van der Waals surface area contributed by atoms with Gasteiger partial charge in [-0.1, -0.05) is 32.3 Å². The molecule has 0 unspecified atom stereocenters. The molecule has 148 valence electrons. The van der Waals surface area contributed by atoms with Gasteiger partial charge in [-0.15, -0.1) is 0 Å². The summed E-state index contributed by atoms with van der Waals surface area (Å²) in [7, 11) is 0. The lowest BCUT2D eigenvalue weighted by Crippen LogP contribution is -2.40. The maximum absolute atomic E-state index is 12.8. The highest BCUT2D eigenvalue weighted by molar-refractivity contribution is 5.82. The Morgan fingerprint density at radius 3 is 2.35 bits per heavy atom. The van der Waals surface area contributed by atoms with Crippen molar-refractivity contribution in [3.05, 3.63) is 12.2 Å². The Morgan fingerprint density at radius 2 is 1.73 bits per heavy atom. The maximum Gasteiger partial charge on any atom is 0.330 e. The van der Waals surface area contributed by atoms with Gasteiger partial charge in [0.2, 0.25) is 0 Å². The van der Waals surface area contributed by atoms with E-state index >= 15 is 0 Å². The van der Waals surface area contributed by atoms with E-state index < -0.39 is 0 Å². The first-order valence-corrected chi connectivity index (χ1v) is 10.6. The molecule has 0 aromatic carbocycles. The number of carbonyl (C=O) groups excluding carboxylic acids is 2. The maximum atomic E-state index is 12.8. The first kappa shape index (κ1) is 21.0. The van der Waals surface area contributed by atoms with Crippen molar-refractivity contribution in [3.8, 4) is 0 Å². The summed E-state index contributed by atoms with van der Waals surface area (Å²) >= 11 is 0. The Hall–Kier alpha value is -1.32. The lowest BCUT2D eigenvalue weighted by atomic mass is 9.80. The van der Waals surface area contributed by atoms with Gasteiger partial charge in [0.15, 0.2) is 0 Å². The Bertz CT molecular complexity index is 469. The normalized spacial score (nSPS) is 25.8. The zero-order chi connectivity index (χ0) is 18.8. The zero-order valence-corrected chi connectivity index (χ0v) is 16.6. The number of allylic oxidation sites excluding steroid dienone is 1. The summed E-state index contributed by atoms with van der Waals surface area (Å²) in [4.78, 5) is 24.4. The molecule has 0 radical (unpaired) electrons. The van der Waals surface area contributed by atoms with E-state index in [0.29, 0.717) is 0 Å². The van der Waals surface area contributed by atoms with Gasteiger partial charge in [0, 0.05) is 6.08 Å². The van der Waals surface area contributed by atoms with Crippen molar-refractivity contribution in [1.29, 1.82) is 0 Å². The first-order chi connectivity index (χ1) is 12.6. The number of esters is 2. The largest absolute Gasteiger partial charge is 0.459 e. The van der Waals surface area contributed by atoms with Crippen LogP contribution < -0.4 is 0 Å². The molecule has 0 bridgehead atoms. The minimum absolute atomic E-state index is 0.0124. The molecule has 2 fully saturated rings.